The maximum Gasteiger partial charge on any atom is 0.377 e. The highest BCUT2D eigenvalue weighted by molar-refractivity contribution is 6.52. The van der Waals surface area contributed by atoms with E-state index in [1.807, 2.05) is 48.6 Å². The number of rotatable bonds is 6. The molecule has 5 aromatic carbocycles. The second-order valence-corrected chi connectivity index (χ2v) is 39.7. The first-order chi connectivity index (χ1) is 52.3. The van der Waals surface area contributed by atoms with Gasteiger partial charge in [0.2, 0.25) is 0 Å². The van der Waals surface area contributed by atoms with Crippen molar-refractivity contribution < 1.29 is 4.79 Å². The number of H-pyrrole nitrogens is 4. The minimum Gasteiger partial charge on any atom is -0.654 e. The van der Waals surface area contributed by atoms with Crippen molar-refractivity contribution in [2.24, 2.45) is 4.99 Å². The fourth-order valence-electron chi connectivity index (χ4n) is 15.6. The summed E-state index contributed by atoms with van der Waals surface area (Å²) in [4.78, 5) is 62.7. The molecule has 10 heterocycles. The summed E-state index contributed by atoms with van der Waals surface area (Å²) in [5.41, 5.74) is 27.9. The van der Waals surface area contributed by atoms with Gasteiger partial charge in [-0.1, -0.05) is 279 Å². The fourth-order valence-corrected chi connectivity index (χ4v) is 15.6. The van der Waals surface area contributed by atoms with E-state index in [1.165, 1.54) is 44.5 Å². The largest absolute Gasteiger partial charge is 0.654 e. The number of Topliss-reactive ketones (excluding diaryl/α,β-unsaturated/α-hetero) is 1. The zero-order chi connectivity index (χ0) is 80.2. The lowest BCUT2D eigenvalue weighted by Gasteiger charge is -2.27. The maximum atomic E-state index is 15.1. The Bertz CT molecular complexity index is 6260. The molecule has 0 aliphatic carbocycles. The number of hydrogen-bond acceptors (Lipinski definition) is 4. The number of allylic oxidation sites excluding steroid dienone is 4. The van der Waals surface area contributed by atoms with E-state index in [2.05, 4.69) is 332 Å². The summed E-state index contributed by atoms with van der Waals surface area (Å²) in [5.74, 6) is -0.201. The van der Waals surface area contributed by atoms with Gasteiger partial charge in [0.25, 0.3) is 5.78 Å². The van der Waals surface area contributed by atoms with Gasteiger partial charge in [0.05, 0.1) is 44.9 Å². The molecule has 6 aromatic heterocycles. The van der Waals surface area contributed by atoms with Crippen LogP contribution in [0.3, 0.4) is 0 Å². The van der Waals surface area contributed by atoms with Crippen molar-refractivity contribution in [3.8, 4) is 33.4 Å². The zero-order valence-electron chi connectivity index (χ0n) is 70.1. The first-order valence-corrected chi connectivity index (χ1v) is 39.7. The summed E-state index contributed by atoms with van der Waals surface area (Å²) < 4.78 is 5.33. The van der Waals surface area contributed by atoms with E-state index < -0.39 is 0 Å². The SMILES string of the molecule is CC(C)(C)c1cc(C2=C3C=CC(=N3)C(c3cccc(-c4c5nc(c(-c6cc(C(C)(C)C)cc(C(C)(C)C)c6)c6ccc([nH]6)c(=O)c6ccc([n-]6)c(-c6cc(C(C)(C)C)cc(C(C)(C)C)c6)c6ccc4[nH]6)C=C5)c3)=c3ccc([nH]3)=C(c3cc(C(C)(C)C)cc(C(C)(C)C)c3)C3=[N+]=C(C=C3)C(=O)c3ccc2[nH]3)cc(C(C)(C)C)c1. The highest BCUT2D eigenvalue weighted by Gasteiger charge is 2.35. The summed E-state index contributed by atoms with van der Waals surface area (Å²) in [6.07, 6.45) is 12.4. The lowest BCUT2D eigenvalue weighted by Crippen LogP contribution is -2.23. The Hall–Kier alpha value is -11.2. The van der Waals surface area contributed by atoms with Crippen LogP contribution in [0.25, 0.3) is 95.4 Å². The van der Waals surface area contributed by atoms with Crippen molar-refractivity contribution >= 4 is 84.9 Å². The van der Waals surface area contributed by atoms with E-state index in [0.29, 0.717) is 33.7 Å². The fraction of sp³-hybridized carbons (Fsp3) is 0.314. The molecule has 10 nitrogen and oxygen atoms in total. The number of carbonyl (C=O) groups is 1. The van der Waals surface area contributed by atoms with E-state index in [4.69, 9.17) is 19.6 Å². The molecule has 4 aliphatic rings. The summed E-state index contributed by atoms with van der Waals surface area (Å²) in [6, 6.07) is 57.1. The Morgan fingerprint density at radius 3 is 1.21 bits per heavy atom. The number of hydrogen-bond donors (Lipinski definition) is 4. The van der Waals surface area contributed by atoms with Gasteiger partial charge < -0.3 is 24.9 Å². The summed E-state index contributed by atoms with van der Waals surface area (Å²) in [6.45, 7) is 54.3. The molecule has 16 bridgehead atoms. The molecule has 0 unspecified atom stereocenters. The second kappa shape index (κ2) is 26.8. The number of aliphatic imine (C=N–C) groups is 1. The van der Waals surface area contributed by atoms with Crippen LogP contribution in [0.15, 0.2) is 198 Å². The Morgan fingerprint density at radius 2 is 0.714 bits per heavy atom. The molecular formula is C102H108N8O2. The van der Waals surface area contributed by atoms with Crippen LogP contribution in [0.4, 0.5) is 0 Å². The Balaban J connectivity index is 1.08. The van der Waals surface area contributed by atoms with Crippen LogP contribution in [-0.2, 0) is 43.3 Å². The van der Waals surface area contributed by atoms with Crippen LogP contribution in [0, 0.1) is 0 Å². The predicted molar refractivity (Wildman–Crippen MR) is 473 cm³/mol. The molecule has 11 aromatic rings. The number of carbonyl (C=O) groups excluding carboxylic acids is 1. The van der Waals surface area contributed by atoms with Crippen molar-refractivity contribution in [2.45, 2.75) is 209 Å². The lowest BCUT2D eigenvalue weighted by atomic mass is 9.78. The number of benzene rings is 5. The van der Waals surface area contributed by atoms with Crippen LogP contribution < -0.4 is 25.8 Å². The van der Waals surface area contributed by atoms with Gasteiger partial charge in [-0.2, -0.15) is 0 Å². The smallest absolute Gasteiger partial charge is 0.377 e. The molecule has 112 heavy (non-hydrogen) atoms. The topological polar surface area (TPSA) is 151 Å². The normalized spacial score (nSPS) is 14.9. The first-order valence-electron chi connectivity index (χ1n) is 39.7. The quantitative estimate of drug-likeness (QED) is 0.123. The highest BCUT2D eigenvalue weighted by atomic mass is 16.1. The first kappa shape index (κ1) is 76.2. The summed E-state index contributed by atoms with van der Waals surface area (Å²) >= 11 is 0. The zero-order valence-corrected chi connectivity index (χ0v) is 70.1. The number of aromatic amines is 4. The molecule has 4 aliphatic heterocycles. The van der Waals surface area contributed by atoms with Gasteiger partial charge in [0.15, 0.2) is 5.43 Å². The number of nitrogens with one attached hydrogen (secondary N) is 4. The van der Waals surface area contributed by atoms with E-state index in [1.54, 1.807) is 0 Å². The van der Waals surface area contributed by atoms with Crippen molar-refractivity contribution in [1.82, 2.24) is 34.6 Å². The van der Waals surface area contributed by atoms with E-state index >= 15 is 9.59 Å². The molecule has 0 atom stereocenters. The van der Waals surface area contributed by atoms with Gasteiger partial charge in [-0.3, -0.25) is 9.59 Å². The summed E-state index contributed by atoms with van der Waals surface area (Å²) in [5, 5.41) is 1.67. The van der Waals surface area contributed by atoms with E-state index in [-0.39, 0.29) is 54.5 Å². The Kier molecular flexibility index (Phi) is 18.2. The number of ketones is 1. The number of aromatic nitrogens is 6. The van der Waals surface area contributed by atoms with Gasteiger partial charge in [0.1, 0.15) is 0 Å². The van der Waals surface area contributed by atoms with Crippen molar-refractivity contribution in [3.63, 3.8) is 0 Å². The number of fused-ring (bicyclic) bond motifs is 13. The monoisotopic (exact) mass is 1480 g/mol. The van der Waals surface area contributed by atoms with Crippen LogP contribution in [-0.4, -0.2) is 47.8 Å². The number of nitrogens with zero attached hydrogens (tertiary/aromatic N) is 4. The van der Waals surface area contributed by atoms with Gasteiger partial charge in [-0.15, -0.1) is 5.52 Å². The van der Waals surface area contributed by atoms with Crippen LogP contribution >= 0.6 is 0 Å². The predicted octanol–water partition coefficient (Wildman–Crippen LogP) is 22.3. The van der Waals surface area contributed by atoms with Crippen molar-refractivity contribution in [1.29, 1.82) is 0 Å². The standard InChI is InChI=1S/C102H108N8O2/c1-95(2,3)63-45-59(46-64(53-63)96(4,5)6)89-75-32-28-71(103-75)87(72-29-33-76(104-72)90(60-47-65(97(7,8)9)54-66(48-60)98(10,11)12)80-37-41-84(108-80)93(111)83-40-36-79(89)107-83)57-26-25-27-58(44-57)88-73-30-34-77(105-73)91(61-49-67(99(13,14)15)55-68(50-61)100(16,17)18)81-38-42-85(109-81)94(112)86-43-39-82(110-86)92(78-35-31-74(88)106-78)62-51-69(101(19,20)21)56-70(52-62)102(22,23)24/h25-56H,1-24H3,(H4,103,104,105,106,107,108,109,110,111,112). The van der Waals surface area contributed by atoms with E-state index in [9.17, 15) is 0 Å². The molecule has 0 fully saturated rings. The molecule has 10 heteroatoms. The van der Waals surface area contributed by atoms with Crippen LogP contribution in [0.1, 0.15) is 255 Å². The maximum absolute atomic E-state index is 15.1. The minimum atomic E-state index is -0.201. The van der Waals surface area contributed by atoms with Gasteiger partial charge in [-0.05, 0) is 206 Å². The van der Waals surface area contributed by atoms with Crippen LogP contribution in [0.5, 0.6) is 0 Å². The lowest BCUT2D eigenvalue weighted by molar-refractivity contribution is 0.106. The Morgan fingerprint density at radius 1 is 0.312 bits per heavy atom. The molecule has 0 saturated heterocycles. The average Bonchev–Trinajstić information content (AvgIpc) is 1.48. The third-order valence-corrected chi connectivity index (χ3v) is 22.7. The molecule has 0 amide bonds. The molecule has 0 saturated carbocycles. The second-order valence-electron chi connectivity index (χ2n) is 39.7. The summed E-state index contributed by atoms with van der Waals surface area (Å²) in [7, 11) is 0. The molecule has 0 spiro atoms. The molecular weight excluding hydrogens is 1370 g/mol. The molecule has 0 radical (unpaired) electrons. The van der Waals surface area contributed by atoms with Gasteiger partial charge in [0, 0.05) is 62.0 Å². The minimum absolute atomic E-state index is 0.195. The van der Waals surface area contributed by atoms with E-state index in [0.717, 1.165) is 123 Å². The third kappa shape index (κ3) is 14.6. The van der Waals surface area contributed by atoms with Crippen LogP contribution in [0.2, 0.25) is 0 Å². The molecule has 4 N–H and O–H groups in total. The highest BCUT2D eigenvalue weighted by Crippen LogP contribution is 2.44. The Labute approximate surface area is 660 Å². The average molecular weight is 1480 g/mol. The molecule has 15 rings (SSSR count). The van der Waals surface area contributed by atoms with Gasteiger partial charge in [-0.25, -0.2) is 9.98 Å². The third-order valence-electron chi connectivity index (χ3n) is 22.7. The molecule has 568 valence electrons. The van der Waals surface area contributed by atoms with Crippen molar-refractivity contribution in [3.05, 3.63) is 293 Å². The van der Waals surface area contributed by atoms with Crippen molar-refractivity contribution in [2.75, 3.05) is 0 Å². The van der Waals surface area contributed by atoms with Gasteiger partial charge >= 0.3 is 11.4 Å².